The summed E-state index contributed by atoms with van der Waals surface area (Å²) in [6.07, 6.45) is 15.2. The van der Waals surface area contributed by atoms with Gasteiger partial charge in [0.15, 0.2) is 0 Å². The number of rotatable bonds is 10. The zero-order chi connectivity index (χ0) is 20.5. The highest BCUT2D eigenvalue weighted by Crippen LogP contribution is 2.26. The Morgan fingerprint density at radius 1 is 1.21 bits per heavy atom. The third kappa shape index (κ3) is 6.27. The van der Waals surface area contributed by atoms with Crippen LogP contribution in [0.3, 0.4) is 0 Å². The molecule has 0 aromatic carbocycles. The van der Waals surface area contributed by atoms with Crippen molar-refractivity contribution in [2.75, 3.05) is 18.0 Å². The Morgan fingerprint density at radius 2 is 2.07 bits per heavy atom. The number of nitrogens with one attached hydrogen (secondary N) is 1. The van der Waals surface area contributed by atoms with E-state index in [0.29, 0.717) is 12.4 Å². The molecule has 3 rings (SSSR count). The van der Waals surface area contributed by atoms with E-state index in [1.165, 1.54) is 25.7 Å². The van der Waals surface area contributed by atoms with Gasteiger partial charge in [-0.05, 0) is 32.6 Å². The minimum absolute atomic E-state index is 0.151. The monoisotopic (exact) mass is 398 g/mol. The maximum Gasteiger partial charge on any atom is 0.237 e. The molecule has 7 heteroatoms. The van der Waals surface area contributed by atoms with Crippen LogP contribution in [0, 0.1) is 6.92 Å². The predicted molar refractivity (Wildman–Crippen MR) is 115 cm³/mol. The first-order chi connectivity index (χ1) is 14.2. The summed E-state index contributed by atoms with van der Waals surface area (Å²) in [4.78, 5) is 28.2. The van der Waals surface area contributed by atoms with Gasteiger partial charge in [0.2, 0.25) is 11.9 Å². The lowest BCUT2D eigenvalue weighted by Crippen LogP contribution is -2.43. The average Bonchev–Trinajstić information content (AvgIpc) is 3.25. The van der Waals surface area contributed by atoms with Crippen molar-refractivity contribution in [3.63, 3.8) is 0 Å². The van der Waals surface area contributed by atoms with Crippen molar-refractivity contribution in [2.45, 2.75) is 77.7 Å². The number of piperidine rings is 1. The van der Waals surface area contributed by atoms with Crippen LogP contribution in [0.4, 0.5) is 5.82 Å². The zero-order valence-corrected chi connectivity index (χ0v) is 17.8. The summed E-state index contributed by atoms with van der Waals surface area (Å²) in [5.74, 6) is 1.68. The molecule has 7 nitrogen and oxygen atoms in total. The average molecular weight is 399 g/mol. The molecule has 0 saturated carbocycles. The molecule has 0 radical (unpaired) electrons. The van der Waals surface area contributed by atoms with Gasteiger partial charge in [0.25, 0.3) is 0 Å². The number of nitrogens with zero attached hydrogens (tertiary/aromatic N) is 5. The van der Waals surface area contributed by atoms with Gasteiger partial charge in [-0.15, -0.1) is 0 Å². The minimum atomic E-state index is 0.151. The van der Waals surface area contributed by atoms with Crippen LogP contribution < -0.4 is 10.2 Å². The van der Waals surface area contributed by atoms with E-state index < -0.39 is 0 Å². The molecule has 0 bridgehead atoms. The van der Waals surface area contributed by atoms with E-state index in [0.717, 1.165) is 50.3 Å². The van der Waals surface area contributed by atoms with E-state index in [9.17, 15) is 4.79 Å². The summed E-state index contributed by atoms with van der Waals surface area (Å²) in [5, 5.41) is 3.11. The van der Waals surface area contributed by atoms with Crippen LogP contribution in [0.2, 0.25) is 0 Å². The highest BCUT2D eigenvalue weighted by atomic mass is 16.1. The molecule has 1 amide bonds. The van der Waals surface area contributed by atoms with Crippen molar-refractivity contribution in [2.24, 2.45) is 0 Å². The molecule has 1 aliphatic rings. The number of anilines is 1. The van der Waals surface area contributed by atoms with Gasteiger partial charge in [-0.2, -0.15) is 4.98 Å². The van der Waals surface area contributed by atoms with Gasteiger partial charge in [0.1, 0.15) is 12.1 Å². The molecule has 1 aliphatic heterocycles. The molecule has 1 N–H and O–H groups in total. The van der Waals surface area contributed by atoms with Gasteiger partial charge >= 0.3 is 0 Å². The van der Waals surface area contributed by atoms with Crippen LogP contribution in [-0.2, 0) is 4.79 Å². The van der Waals surface area contributed by atoms with Gasteiger partial charge in [-0.3, -0.25) is 9.36 Å². The number of carbonyl (C=O) groups excluding carboxylic acids is 1. The fourth-order valence-corrected chi connectivity index (χ4v) is 3.93. The highest BCUT2D eigenvalue weighted by Gasteiger charge is 2.26. The Labute approximate surface area is 174 Å². The van der Waals surface area contributed by atoms with E-state index >= 15 is 0 Å². The first kappa shape index (κ1) is 21.3. The van der Waals surface area contributed by atoms with Gasteiger partial charge < -0.3 is 10.2 Å². The number of hydrogen-bond acceptors (Lipinski definition) is 5. The third-order valence-electron chi connectivity index (χ3n) is 5.51. The molecule has 1 atom stereocenters. The summed E-state index contributed by atoms with van der Waals surface area (Å²) in [5.41, 5.74) is 0.916. The largest absolute Gasteiger partial charge is 0.356 e. The van der Waals surface area contributed by atoms with Gasteiger partial charge in [0, 0.05) is 49.7 Å². The minimum Gasteiger partial charge on any atom is -0.356 e. The molecule has 3 heterocycles. The second kappa shape index (κ2) is 10.9. The lowest BCUT2D eigenvalue weighted by Gasteiger charge is -2.36. The molecule has 1 unspecified atom stereocenters. The molecule has 158 valence electrons. The van der Waals surface area contributed by atoms with E-state index in [2.05, 4.69) is 27.1 Å². The fourth-order valence-electron chi connectivity index (χ4n) is 3.93. The van der Waals surface area contributed by atoms with Crippen LogP contribution in [-0.4, -0.2) is 44.6 Å². The Balaban J connectivity index is 1.60. The van der Waals surface area contributed by atoms with E-state index in [4.69, 9.17) is 4.98 Å². The Morgan fingerprint density at radius 3 is 2.86 bits per heavy atom. The normalized spacial score (nSPS) is 16.8. The molecule has 0 spiro atoms. The van der Waals surface area contributed by atoms with Crippen LogP contribution in [0.1, 0.15) is 70.4 Å². The van der Waals surface area contributed by atoms with Crippen LogP contribution in [0.15, 0.2) is 24.8 Å². The number of unbranched alkanes of at least 4 members (excludes halogenated alkanes) is 4. The Bertz CT molecular complexity index is 761. The maximum absolute atomic E-state index is 12.5. The lowest BCUT2D eigenvalue weighted by molar-refractivity contribution is -0.121. The molecule has 2 aromatic heterocycles. The second-order valence-corrected chi connectivity index (χ2v) is 7.95. The number of aromatic nitrogens is 4. The number of hydrogen-bond donors (Lipinski definition) is 1. The van der Waals surface area contributed by atoms with Crippen molar-refractivity contribution in [3.05, 3.63) is 30.5 Å². The van der Waals surface area contributed by atoms with E-state index in [-0.39, 0.29) is 11.9 Å². The maximum atomic E-state index is 12.5. The van der Waals surface area contributed by atoms with Gasteiger partial charge in [-0.1, -0.05) is 32.6 Å². The topological polar surface area (TPSA) is 75.9 Å². The summed E-state index contributed by atoms with van der Waals surface area (Å²) >= 11 is 0. The van der Waals surface area contributed by atoms with Gasteiger partial charge in [0.05, 0.1) is 0 Å². The van der Waals surface area contributed by atoms with E-state index in [1.54, 1.807) is 12.5 Å². The molecular weight excluding hydrogens is 364 g/mol. The first-order valence-corrected chi connectivity index (χ1v) is 11.0. The lowest BCUT2D eigenvalue weighted by atomic mass is 9.99. The Kier molecular flexibility index (Phi) is 8.02. The summed E-state index contributed by atoms with van der Waals surface area (Å²) in [6.45, 7) is 5.91. The molecular formula is C22H34N6O. The molecule has 2 aromatic rings. The van der Waals surface area contributed by atoms with E-state index in [1.807, 2.05) is 23.8 Å². The van der Waals surface area contributed by atoms with Crippen LogP contribution >= 0.6 is 0 Å². The van der Waals surface area contributed by atoms with Gasteiger partial charge in [-0.25, -0.2) is 9.97 Å². The van der Waals surface area contributed by atoms with Crippen LogP contribution in [0.5, 0.6) is 0 Å². The number of aryl methyl sites for hydroxylation is 1. The molecule has 1 saturated heterocycles. The summed E-state index contributed by atoms with van der Waals surface area (Å²) in [6, 6.07) is 2.21. The van der Waals surface area contributed by atoms with Crippen LogP contribution in [0.25, 0.3) is 5.95 Å². The summed E-state index contributed by atoms with van der Waals surface area (Å²) in [7, 11) is 0. The fraction of sp³-hybridized carbons (Fsp3) is 0.636. The van der Waals surface area contributed by atoms with Crippen molar-refractivity contribution in [1.82, 2.24) is 24.8 Å². The number of imidazole rings is 1. The number of amides is 1. The third-order valence-corrected chi connectivity index (χ3v) is 5.51. The molecule has 29 heavy (non-hydrogen) atoms. The first-order valence-electron chi connectivity index (χ1n) is 11.0. The standard InChI is InChI=1S/C22H34N6O/c1-3-4-5-6-8-11-24-21(29)16-19-10-7-9-13-28(19)20-15-18(2)25-22(26-20)27-14-12-23-17-27/h12,14-15,17,19H,3-11,13,16H2,1-2H3,(H,24,29). The molecule has 0 aliphatic carbocycles. The SMILES string of the molecule is CCCCCCCNC(=O)CC1CCCCN1c1cc(C)nc(-n2ccnc2)n1. The number of carbonyl (C=O) groups is 1. The Hall–Kier alpha value is -2.44. The van der Waals surface area contributed by atoms with Crippen molar-refractivity contribution < 1.29 is 4.79 Å². The molecule has 1 fully saturated rings. The quantitative estimate of drug-likeness (QED) is 0.616. The summed E-state index contributed by atoms with van der Waals surface area (Å²) < 4.78 is 1.82. The zero-order valence-electron chi connectivity index (χ0n) is 17.8. The highest BCUT2D eigenvalue weighted by molar-refractivity contribution is 5.77. The predicted octanol–water partition coefficient (Wildman–Crippen LogP) is 3.81. The second-order valence-electron chi connectivity index (χ2n) is 7.95. The van der Waals surface area contributed by atoms with Crippen molar-refractivity contribution >= 4 is 11.7 Å². The van der Waals surface area contributed by atoms with Crippen molar-refractivity contribution in [3.8, 4) is 5.95 Å². The van der Waals surface area contributed by atoms with Crippen molar-refractivity contribution in [1.29, 1.82) is 0 Å². The smallest absolute Gasteiger partial charge is 0.237 e.